The van der Waals surface area contributed by atoms with Gasteiger partial charge in [0.05, 0.1) is 18.2 Å². The maximum absolute atomic E-state index is 12.2. The number of morpholine rings is 1. The fourth-order valence-electron chi connectivity index (χ4n) is 3.27. The molecule has 0 aliphatic carbocycles. The minimum absolute atomic E-state index is 0.195. The van der Waals surface area contributed by atoms with E-state index >= 15 is 0 Å². The van der Waals surface area contributed by atoms with Gasteiger partial charge in [0.25, 0.3) is 0 Å². The molecule has 3 rings (SSSR count). The molecule has 1 saturated heterocycles. The lowest BCUT2D eigenvalue weighted by Crippen LogP contribution is -2.45. The van der Waals surface area contributed by atoms with Crippen molar-refractivity contribution in [2.45, 2.75) is 45.9 Å². The highest BCUT2D eigenvalue weighted by Crippen LogP contribution is 2.22. The Bertz CT molecular complexity index is 731. The number of hydrogen-bond acceptors (Lipinski definition) is 4. The molecule has 140 valence electrons. The fourth-order valence-corrected chi connectivity index (χ4v) is 3.27. The Morgan fingerprint density at radius 3 is 2.35 bits per heavy atom. The predicted molar refractivity (Wildman–Crippen MR) is 103 cm³/mol. The van der Waals surface area contributed by atoms with E-state index in [4.69, 9.17) is 9.15 Å². The van der Waals surface area contributed by atoms with E-state index < -0.39 is 0 Å². The minimum Gasteiger partial charge on any atom is -0.464 e. The molecule has 0 saturated carbocycles. The number of carbonyl (C=O) groups is 1. The van der Waals surface area contributed by atoms with Gasteiger partial charge in [-0.1, -0.05) is 0 Å². The number of rotatable bonds is 4. The van der Waals surface area contributed by atoms with E-state index in [0.29, 0.717) is 0 Å². The molecule has 6 nitrogen and oxygen atoms in total. The van der Waals surface area contributed by atoms with Crippen molar-refractivity contribution in [2.75, 3.05) is 23.3 Å². The molecule has 0 radical (unpaired) electrons. The third kappa shape index (κ3) is 4.58. The minimum atomic E-state index is -0.257. The molecule has 2 N–H and O–H groups in total. The van der Waals surface area contributed by atoms with Crippen LogP contribution in [0.2, 0.25) is 0 Å². The first kappa shape index (κ1) is 18.3. The highest BCUT2D eigenvalue weighted by atomic mass is 16.5. The molecule has 0 bridgehead atoms. The van der Waals surface area contributed by atoms with Gasteiger partial charge < -0.3 is 24.7 Å². The lowest BCUT2D eigenvalue weighted by Gasteiger charge is -2.36. The molecular weight excluding hydrogens is 330 g/mol. The molecule has 1 fully saturated rings. The second-order valence-electron chi connectivity index (χ2n) is 6.98. The number of benzene rings is 1. The van der Waals surface area contributed by atoms with Gasteiger partial charge in [0.1, 0.15) is 11.5 Å². The molecule has 2 heterocycles. The number of anilines is 2. The molecule has 1 aromatic heterocycles. The molecule has 1 aliphatic heterocycles. The summed E-state index contributed by atoms with van der Waals surface area (Å²) in [6.07, 6.45) is 0.433. The zero-order valence-electron chi connectivity index (χ0n) is 15.8. The van der Waals surface area contributed by atoms with Gasteiger partial charge in [-0.05, 0) is 64.1 Å². The van der Waals surface area contributed by atoms with Crippen LogP contribution in [0.3, 0.4) is 0 Å². The van der Waals surface area contributed by atoms with Crippen LogP contribution in [0.4, 0.5) is 16.2 Å². The Morgan fingerprint density at radius 1 is 1.12 bits per heavy atom. The fraction of sp³-hybridized carbons (Fsp3) is 0.450. The van der Waals surface area contributed by atoms with E-state index in [1.165, 1.54) is 0 Å². The topological polar surface area (TPSA) is 66.7 Å². The third-order valence-corrected chi connectivity index (χ3v) is 4.45. The van der Waals surface area contributed by atoms with Gasteiger partial charge >= 0.3 is 6.03 Å². The number of ether oxygens (including phenoxy) is 1. The van der Waals surface area contributed by atoms with Crippen molar-refractivity contribution in [3.63, 3.8) is 0 Å². The first-order chi connectivity index (χ1) is 12.4. The van der Waals surface area contributed by atoms with Crippen LogP contribution in [0.1, 0.15) is 38.3 Å². The average molecular weight is 357 g/mol. The lowest BCUT2D eigenvalue weighted by molar-refractivity contribution is -0.00521. The van der Waals surface area contributed by atoms with Gasteiger partial charge in [-0.2, -0.15) is 0 Å². The largest absolute Gasteiger partial charge is 0.464 e. The van der Waals surface area contributed by atoms with Crippen molar-refractivity contribution in [3.05, 3.63) is 47.9 Å². The average Bonchev–Trinajstić information content (AvgIpc) is 3.01. The van der Waals surface area contributed by atoms with E-state index in [1.54, 1.807) is 0 Å². The molecule has 2 aromatic rings. The molecule has 2 amide bonds. The van der Waals surface area contributed by atoms with Gasteiger partial charge in [0.2, 0.25) is 0 Å². The van der Waals surface area contributed by atoms with E-state index in [9.17, 15) is 4.79 Å². The van der Waals surface area contributed by atoms with Gasteiger partial charge in [0, 0.05) is 24.5 Å². The normalized spacial score (nSPS) is 21.3. The van der Waals surface area contributed by atoms with Crippen LogP contribution in [0.5, 0.6) is 0 Å². The quantitative estimate of drug-likeness (QED) is 0.865. The van der Waals surface area contributed by atoms with Crippen molar-refractivity contribution in [2.24, 2.45) is 0 Å². The van der Waals surface area contributed by atoms with Crippen LogP contribution in [0.25, 0.3) is 0 Å². The molecule has 1 aromatic carbocycles. The molecule has 1 aliphatic rings. The SMILES string of the molecule is Cc1ccc(C(C)NC(=O)Nc2ccc(N3CC(C)OC(C)C3)cc2)o1. The van der Waals surface area contributed by atoms with Gasteiger partial charge in [-0.25, -0.2) is 4.79 Å². The Hall–Kier alpha value is -2.47. The standard InChI is InChI=1S/C20H27N3O3/c1-13-5-10-19(26-13)16(4)21-20(24)22-17-6-8-18(9-7-17)23-11-14(2)25-15(3)12-23/h5-10,14-16H,11-12H2,1-4H3,(H2,21,22,24). The molecule has 6 heteroatoms. The summed E-state index contributed by atoms with van der Waals surface area (Å²) in [6, 6.07) is 11.2. The van der Waals surface area contributed by atoms with E-state index in [2.05, 4.69) is 29.4 Å². The number of nitrogens with zero attached hydrogens (tertiary/aromatic N) is 1. The first-order valence-electron chi connectivity index (χ1n) is 9.05. The number of furan rings is 1. The van der Waals surface area contributed by atoms with E-state index in [1.807, 2.05) is 50.2 Å². The Kier molecular flexibility index (Phi) is 5.52. The number of hydrogen-bond donors (Lipinski definition) is 2. The van der Waals surface area contributed by atoms with Crippen molar-refractivity contribution in [1.29, 1.82) is 0 Å². The molecule has 3 atom stereocenters. The summed E-state index contributed by atoms with van der Waals surface area (Å²) < 4.78 is 11.3. The van der Waals surface area contributed by atoms with Crippen molar-refractivity contribution in [1.82, 2.24) is 5.32 Å². The number of carbonyl (C=O) groups excluding carboxylic acids is 1. The Morgan fingerprint density at radius 2 is 1.77 bits per heavy atom. The molecule has 0 spiro atoms. The predicted octanol–water partition coefficient (Wildman–Crippen LogP) is 4.08. The van der Waals surface area contributed by atoms with Crippen LogP contribution >= 0.6 is 0 Å². The van der Waals surface area contributed by atoms with Gasteiger partial charge in [-0.15, -0.1) is 0 Å². The zero-order chi connectivity index (χ0) is 18.7. The van der Waals surface area contributed by atoms with Crippen LogP contribution in [0.15, 0.2) is 40.8 Å². The van der Waals surface area contributed by atoms with E-state index in [0.717, 1.165) is 36.0 Å². The smallest absolute Gasteiger partial charge is 0.319 e. The molecule has 3 unspecified atom stereocenters. The van der Waals surface area contributed by atoms with Gasteiger partial charge in [0.15, 0.2) is 0 Å². The summed E-state index contributed by atoms with van der Waals surface area (Å²) in [5.41, 5.74) is 1.89. The number of urea groups is 1. The third-order valence-electron chi connectivity index (χ3n) is 4.45. The number of nitrogens with one attached hydrogen (secondary N) is 2. The summed E-state index contributed by atoms with van der Waals surface area (Å²) in [5, 5.41) is 5.74. The maximum atomic E-state index is 12.2. The summed E-state index contributed by atoms with van der Waals surface area (Å²) in [6.45, 7) is 9.69. The monoisotopic (exact) mass is 357 g/mol. The first-order valence-corrected chi connectivity index (χ1v) is 9.05. The molecular formula is C20H27N3O3. The summed E-state index contributed by atoms with van der Waals surface area (Å²) in [7, 11) is 0. The Balaban J connectivity index is 1.56. The van der Waals surface area contributed by atoms with Crippen molar-refractivity contribution >= 4 is 17.4 Å². The highest BCUT2D eigenvalue weighted by Gasteiger charge is 2.22. The van der Waals surface area contributed by atoms with Crippen LogP contribution in [-0.4, -0.2) is 31.3 Å². The summed E-state index contributed by atoms with van der Waals surface area (Å²) >= 11 is 0. The number of aryl methyl sites for hydroxylation is 1. The summed E-state index contributed by atoms with van der Waals surface area (Å²) in [4.78, 5) is 14.5. The highest BCUT2D eigenvalue weighted by molar-refractivity contribution is 5.89. The maximum Gasteiger partial charge on any atom is 0.319 e. The van der Waals surface area contributed by atoms with Crippen LogP contribution in [0, 0.1) is 6.92 Å². The van der Waals surface area contributed by atoms with Gasteiger partial charge in [-0.3, -0.25) is 0 Å². The van der Waals surface area contributed by atoms with Crippen LogP contribution < -0.4 is 15.5 Å². The van der Waals surface area contributed by atoms with Crippen molar-refractivity contribution < 1.29 is 13.9 Å². The Labute approximate surface area is 154 Å². The summed E-state index contributed by atoms with van der Waals surface area (Å²) in [5.74, 6) is 1.57. The second kappa shape index (κ2) is 7.83. The van der Waals surface area contributed by atoms with Crippen LogP contribution in [-0.2, 0) is 4.74 Å². The second-order valence-corrected chi connectivity index (χ2v) is 6.98. The lowest BCUT2D eigenvalue weighted by atomic mass is 10.2. The zero-order valence-corrected chi connectivity index (χ0v) is 15.8. The number of amides is 2. The van der Waals surface area contributed by atoms with Crippen molar-refractivity contribution in [3.8, 4) is 0 Å². The van der Waals surface area contributed by atoms with E-state index in [-0.39, 0.29) is 24.3 Å². The molecule has 26 heavy (non-hydrogen) atoms.